The van der Waals surface area contributed by atoms with E-state index in [1.54, 1.807) is 43.5 Å². The topological polar surface area (TPSA) is 72.6 Å². The lowest BCUT2D eigenvalue weighted by molar-refractivity contribution is -0.133. The lowest BCUT2D eigenvalue weighted by Crippen LogP contribution is -2.42. The Bertz CT molecular complexity index is 665. The number of primary amides is 1. The van der Waals surface area contributed by atoms with Gasteiger partial charge < -0.3 is 15.6 Å². The number of carbonyl (C=O) groups excluding carboxylic acids is 1. The summed E-state index contributed by atoms with van der Waals surface area (Å²) in [5.74, 6) is -0.799. The lowest BCUT2D eigenvalue weighted by atomic mass is 9.81. The van der Waals surface area contributed by atoms with Crippen LogP contribution in [-0.2, 0) is 20.5 Å². The number of hydrogen-bond acceptors (Lipinski definition) is 3. The fraction of sp³-hybridized carbons (Fsp3) is 0.316. The van der Waals surface area contributed by atoms with Gasteiger partial charge in [-0.2, -0.15) is 0 Å². The molecule has 4 heteroatoms. The van der Waals surface area contributed by atoms with Crippen molar-refractivity contribution in [3.63, 3.8) is 0 Å². The van der Waals surface area contributed by atoms with Gasteiger partial charge in [-0.1, -0.05) is 68.4 Å². The van der Waals surface area contributed by atoms with Gasteiger partial charge >= 0.3 is 0 Å². The molecule has 3 N–H and O–H groups in total. The van der Waals surface area contributed by atoms with E-state index in [9.17, 15) is 9.90 Å². The van der Waals surface area contributed by atoms with E-state index in [1.165, 1.54) is 0 Å². The molecule has 0 saturated carbocycles. The molecule has 0 aliphatic heterocycles. The number of methoxy groups -OCH3 is 1. The lowest BCUT2D eigenvalue weighted by Gasteiger charge is -2.28. The van der Waals surface area contributed by atoms with Gasteiger partial charge in [0.25, 0.3) is 5.91 Å². The zero-order valence-electron chi connectivity index (χ0n) is 13.7. The van der Waals surface area contributed by atoms with Crippen LogP contribution in [0.2, 0.25) is 0 Å². The zero-order valence-corrected chi connectivity index (χ0v) is 13.7. The fourth-order valence-corrected chi connectivity index (χ4v) is 2.74. The number of nitrogens with two attached hydrogens (primary N) is 1. The standard InChI is InChI=1S/C19H23NO3/c1-18(2,13-23-3)14-9-11-16(12-10-14)19(22,17(20)21)15-7-5-4-6-8-15/h4-12,22H,13H2,1-3H3,(H2,20,21). The number of aliphatic hydroxyl groups is 1. The summed E-state index contributed by atoms with van der Waals surface area (Å²) < 4.78 is 5.24. The number of amides is 1. The Morgan fingerprint density at radius 3 is 1.96 bits per heavy atom. The summed E-state index contributed by atoms with van der Waals surface area (Å²) in [6.45, 7) is 4.72. The van der Waals surface area contributed by atoms with Crippen molar-refractivity contribution in [2.75, 3.05) is 13.7 Å². The summed E-state index contributed by atoms with van der Waals surface area (Å²) in [6, 6.07) is 16.0. The second-order valence-corrected chi connectivity index (χ2v) is 6.33. The highest BCUT2D eigenvalue weighted by atomic mass is 16.5. The van der Waals surface area contributed by atoms with Crippen LogP contribution in [0.5, 0.6) is 0 Å². The summed E-state index contributed by atoms with van der Waals surface area (Å²) in [6.07, 6.45) is 0. The number of rotatable bonds is 6. The average Bonchev–Trinajstić information content (AvgIpc) is 2.55. The van der Waals surface area contributed by atoms with Gasteiger partial charge in [-0.15, -0.1) is 0 Å². The van der Waals surface area contributed by atoms with Crippen LogP contribution in [0.25, 0.3) is 0 Å². The fourth-order valence-electron chi connectivity index (χ4n) is 2.74. The van der Waals surface area contributed by atoms with Gasteiger partial charge in [-0.3, -0.25) is 4.79 Å². The van der Waals surface area contributed by atoms with Gasteiger partial charge in [0.05, 0.1) is 6.61 Å². The Balaban J connectivity index is 2.45. The number of ether oxygens (including phenoxy) is 1. The van der Waals surface area contributed by atoms with Crippen molar-refractivity contribution >= 4 is 5.91 Å². The highest BCUT2D eigenvalue weighted by Gasteiger charge is 2.38. The zero-order chi connectivity index (χ0) is 17.1. The van der Waals surface area contributed by atoms with E-state index in [-0.39, 0.29) is 5.41 Å². The van der Waals surface area contributed by atoms with Crippen molar-refractivity contribution in [1.82, 2.24) is 0 Å². The van der Waals surface area contributed by atoms with Gasteiger partial charge in [0, 0.05) is 12.5 Å². The molecule has 0 saturated heterocycles. The van der Waals surface area contributed by atoms with E-state index in [0.717, 1.165) is 5.56 Å². The molecule has 1 atom stereocenters. The largest absolute Gasteiger partial charge is 0.384 e. The molecule has 1 amide bonds. The molecule has 1 unspecified atom stereocenters. The Morgan fingerprint density at radius 2 is 1.48 bits per heavy atom. The van der Waals surface area contributed by atoms with E-state index in [4.69, 9.17) is 10.5 Å². The molecule has 23 heavy (non-hydrogen) atoms. The second kappa shape index (κ2) is 6.52. The van der Waals surface area contributed by atoms with Gasteiger partial charge in [-0.05, 0) is 16.7 Å². The molecule has 0 aliphatic carbocycles. The molecule has 0 fully saturated rings. The van der Waals surface area contributed by atoms with E-state index in [1.807, 2.05) is 18.2 Å². The third kappa shape index (κ3) is 3.28. The Hall–Kier alpha value is -2.17. The van der Waals surface area contributed by atoms with Crippen LogP contribution in [0.15, 0.2) is 54.6 Å². The van der Waals surface area contributed by atoms with Crippen LogP contribution in [0, 0.1) is 0 Å². The second-order valence-electron chi connectivity index (χ2n) is 6.33. The molecule has 122 valence electrons. The predicted octanol–water partition coefficient (Wildman–Crippen LogP) is 2.33. The quantitative estimate of drug-likeness (QED) is 0.859. The van der Waals surface area contributed by atoms with Gasteiger partial charge in [0.15, 0.2) is 5.60 Å². The van der Waals surface area contributed by atoms with Crippen LogP contribution in [-0.4, -0.2) is 24.7 Å². The Kier molecular flexibility index (Phi) is 4.88. The first kappa shape index (κ1) is 17.2. The van der Waals surface area contributed by atoms with Crippen molar-refractivity contribution in [1.29, 1.82) is 0 Å². The highest BCUT2D eigenvalue weighted by Crippen LogP contribution is 2.31. The minimum atomic E-state index is -1.84. The van der Waals surface area contributed by atoms with Crippen LogP contribution in [0.3, 0.4) is 0 Å². The van der Waals surface area contributed by atoms with Crippen molar-refractivity contribution < 1.29 is 14.6 Å². The predicted molar refractivity (Wildman–Crippen MR) is 90.0 cm³/mol. The number of hydrogen-bond donors (Lipinski definition) is 2. The van der Waals surface area contributed by atoms with Crippen LogP contribution in [0.1, 0.15) is 30.5 Å². The molecule has 0 aliphatic rings. The SMILES string of the molecule is COCC(C)(C)c1ccc(C(O)(C(N)=O)c2ccccc2)cc1. The normalized spacial score (nSPS) is 14.3. The van der Waals surface area contributed by atoms with Gasteiger partial charge in [-0.25, -0.2) is 0 Å². The van der Waals surface area contributed by atoms with E-state index >= 15 is 0 Å². The van der Waals surface area contributed by atoms with Gasteiger partial charge in [0.1, 0.15) is 0 Å². The minimum absolute atomic E-state index is 0.162. The van der Waals surface area contributed by atoms with Crippen molar-refractivity contribution in [3.05, 3.63) is 71.3 Å². The van der Waals surface area contributed by atoms with Crippen LogP contribution < -0.4 is 5.73 Å². The first-order valence-electron chi connectivity index (χ1n) is 7.50. The molecule has 0 radical (unpaired) electrons. The molecule has 2 aromatic rings. The maximum atomic E-state index is 12.0. The first-order valence-corrected chi connectivity index (χ1v) is 7.50. The van der Waals surface area contributed by atoms with E-state index in [0.29, 0.717) is 17.7 Å². The molecular formula is C19H23NO3. The number of benzene rings is 2. The molecule has 0 heterocycles. The molecule has 2 aromatic carbocycles. The average molecular weight is 313 g/mol. The maximum Gasteiger partial charge on any atom is 0.258 e. The molecule has 0 spiro atoms. The molecule has 2 rings (SSSR count). The smallest absolute Gasteiger partial charge is 0.258 e. The molecule has 0 aromatic heterocycles. The van der Waals surface area contributed by atoms with Crippen LogP contribution >= 0.6 is 0 Å². The third-order valence-corrected chi connectivity index (χ3v) is 4.14. The monoisotopic (exact) mass is 313 g/mol. The van der Waals surface area contributed by atoms with E-state index < -0.39 is 11.5 Å². The van der Waals surface area contributed by atoms with Crippen molar-refractivity contribution in [2.45, 2.75) is 24.9 Å². The Labute approximate surface area is 136 Å². The third-order valence-electron chi connectivity index (χ3n) is 4.14. The van der Waals surface area contributed by atoms with E-state index in [2.05, 4.69) is 13.8 Å². The van der Waals surface area contributed by atoms with Crippen LogP contribution in [0.4, 0.5) is 0 Å². The molecule has 4 nitrogen and oxygen atoms in total. The Morgan fingerprint density at radius 1 is 1.00 bits per heavy atom. The minimum Gasteiger partial charge on any atom is -0.384 e. The van der Waals surface area contributed by atoms with Gasteiger partial charge in [0.2, 0.25) is 0 Å². The summed E-state index contributed by atoms with van der Waals surface area (Å²) >= 11 is 0. The van der Waals surface area contributed by atoms with Crippen molar-refractivity contribution in [3.8, 4) is 0 Å². The molecular weight excluding hydrogens is 290 g/mol. The summed E-state index contributed by atoms with van der Waals surface area (Å²) in [5.41, 5.74) is 5.46. The summed E-state index contributed by atoms with van der Waals surface area (Å²) in [4.78, 5) is 12.0. The summed E-state index contributed by atoms with van der Waals surface area (Å²) in [7, 11) is 1.66. The maximum absolute atomic E-state index is 12.0. The summed E-state index contributed by atoms with van der Waals surface area (Å²) in [5, 5.41) is 10.9. The molecule has 0 bridgehead atoms. The highest BCUT2D eigenvalue weighted by molar-refractivity contribution is 5.88. The number of carbonyl (C=O) groups is 1. The first-order chi connectivity index (χ1) is 10.8. The van der Waals surface area contributed by atoms with Crippen molar-refractivity contribution in [2.24, 2.45) is 5.73 Å².